The van der Waals surface area contributed by atoms with Crippen molar-refractivity contribution in [2.45, 2.75) is 0 Å². The first-order valence-corrected chi connectivity index (χ1v) is 6.78. The Morgan fingerprint density at radius 2 is 1.75 bits per heavy atom. The van der Waals surface area contributed by atoms with Gasteiger partial charge in [-0.1, -0.05) is 0 Å². The van der Waals surface area contributed by atoms with Crippen molar-refractivity contribution < 1.29 is 24.0 Å². The van der Waals surface area contributed by atoms with Crippen molar-refractivity contribution in [2.24, 2.45) is 0 Å². The molecule has 0 heterocycles. The van der Waals surface area contributed by atoms with E-state index in [2.05, 4.69) is 10.1 Å². The van der Waals surface area contributed by atoms with Crippen LogP contribution in [0.4, 0.5) is 11.4 Å². The molecular formula is C16H14N2O6. The smallest absolute Gasteiger partial charge is 0.337 e. The fourth-order valence-electron chi connectivity index (χ4n) is 1.99. The third-order valence-corrected chi connectivity index (χ3v) is 3.20. The topological polar surface area (TPSA) is 108 Å². The van der Waals surface area contributed by atoms with Crippen molar-refractivity contribution in [1.29, 1.82) is 0 Å². The van der Waals surface area contributed by atoms with Gasteiger partial charge in [0.1, 0.15) is 5.75 Å². The van der Waals surface area contributed by atoms with Crippen LogP contribution in [0.2, 0.25) is 0 Å². The standard InChI is InChI=1S/C16H14N2O6/c1-23-14-8-7-12(18(21)22)9-13(14)15(19)17-11-5-3-10(4-6-11)16(20)24-2/h3-9H,1-2H3,(H,17,19). The maximum Gasteiger partial charge on any atom is 0.337 e. The number of carbonyl (C=O) groups excluding carboxylic acids is 2. The number of nitro benzene ring substituents is 1. The van der Waals surface area contributed by atoms with E-state index in [0.717, 1.165) is 6.07 Å². The molecule has 0 aliphatic carbocycles. The van der Waals surface area contributed by atoms with E-state index in [1.165, 1.54) is 50.6 Å². The number of nitrogens with one attached hydrogen (secondary N) is 1. The van der Waals surface area contributed by atoms with E-state index in [0.29, 0.717) is 11.3 Å². The number of amides is 1. The fourth-order valence-corrected chi connectivity index (χ4v) is 1.99. The van der Waals surface area contributed by atoms with Crippen molar-refractivity contribution in [3.63, 3.8) is 0 Å². The lowest BCUT2D eigenvalue weighted by Crippen LogP contribution is -2.13. The second-order valence-electron chi connectivity index (χ2n) is 4.66. The van der Waals surface area contributed by atoms with Gasteiger partial charge in [0.15, 0.2) is 0 Å². The van der Waals surface area contributed by atoms with Gasteiger partial charge in [-0.2, -0.15) is 0 Å². The lowest BCUT2D eigenvalue weighted by Gasteiger charge is -2.09. The van der Waals surface area contributed by atoms with Gasteiger partial charge in [0.05, 0.1) is 30.3 Å². The molecule has 0 bridgehead atoms. The number of carbonyl (C=O) groups is 2. The molecule has 0 aliphatic rings. The van der Waals surface area contributed by atoms with Gasteiger partial charge in [-0.3, -0.25) is 14.9 Å². The number of esters is 1. The van der Waals surface area contributed by atoms with Gasteiger partial charge in [0, 0.05) is 17.8 Å². The molecule has 0 fully saturated rings. The molecule has 1 N–H and O–H groups in total. The van der Waals surface area contributed by atoms with Crippen molar-refractivity contribution in [1.82, 2.24) is 0 Å². The van der Waals surface area contributed by atoms with Crippen LogP contribution in [0.3, 0.4) is 0 Å². The second kappa shape index (κ2) is 7.23. The normalized spacial score (nSPS) is 9.92. The van der Waals surface area contributed by atoms with Gasteiger partial charge in [-0.05, 0) is 30.3 Å². The summed E-state index contributed by atoms with van der Waals surface area (Å²) in [7, 11) is 2.63. The molecule has 0 radical (unpaired) electrons. The number of nitro groups is 1. The van der Waals surface area contributed by atoms with E-state index < -0.39 is 16.8 Å². The quantitative estimate of drug-likeness (QED) is 0.513. The lowest BCUT2D eigenvalue weighted by atomic mass is 10.1. The van der Waals surface area contributed by atoms with Crippen LogP contribution < -0.4 is 10.1 Å². The Balaban J connectivity index is 2.24. The zero-order valence-electron chi connectivity index (χ0n) is 12.9. The highest BCUT2D eigenvalue weighted by molar-refractivity contribution is 6.06. The summed E-state index contributed by atoms with van der Waals surface area (Å²) in [5.41, 5.74) is 0.565. The highest BCUT2D eigenvalue weighted by Gasteiger charge is 2.17. The Morgan fingerprint density at radius 3 is 2.29 bits per heavy atom. The number of anilines is 1. The highest BCUT2D eigenvalue weighted by atomic mass is 16.6. The molecule has 2 aromatic carbocycles. The van der Waals surface area contributed by atoms with Crippen molar-refractivity contribution in [3.8, 4) is 5.75 Å². The molecule has 0 atom stereocenters. The first-order chi connectivity index (χ1) is 11.5. The number of nitrogens with zero attached hydrogens (tertiary/aromatic N) is 1. The summed E-state index contributed by atoms with van der Waals surface area (Å²) in [6.07, 6.45) is 0. The lowest BCUT2D eigenvalue weighted by molar-refractivity contribution is -0.384. The van der Waals surface area contributed by atoms with Crippen molar-refractivity contribution in [2.75, 3.05) is 19.5 Å². The second-order valence-corrected chi connectivity index (χ2v) is 4.66. The minimum Gasteiger partial charge on any atom is -0.496 e. The SMILES string of the molecule is COC(=O)c1ccc(NC(=O)c2cc([N+](=O)[O-])ccc2OC)cc1. The molecule has 0 saturated carbocycles. The number of methoxy groups -OCH3 is 2. The Labute approximate surface area is 137 Å². The minimum absolute atomic E-state index is 0.0312. The van der Waals surface area contributed by atoms with E-state index in [-0.39, 0.29) is 17.0 Å². The number of ether oxygens (including phenoxy) is 2. The fraction of sp³-hybridized carbons (Fsp3) is 0.125. The van der Waals surface area contributed by atoms with E-state index in [9.17, 15) is 19.7 Å². The molecule has 1 amide bonds. The van der Waals surface area contributed by atoms with E-state index in [4.69, 9.17) is 4.74 Å². The van der Waals surface area contributed by atoms with E-state index in [1.807, 2.05) is 0 Å². The molecule has 0 aromatic heterocycles. The number of rotatable bonds is 5. The first kappa shape index (κ1) is 16.9. The molecule has 8 nitrogen and oxygen atoms in total. The van der Waals surface area contributed by atoms with Crippen LogP contribution in [0.25, 0.3) is 0 Å². The van der Waals surface area contributed by atoms with Crippen molar-refractivity contribution in [3.05, 3.63) is 63.7 Å². The van der Waals surface area contributed by atoms with Gasteiger partial charge in [-0.25, -0.2) is 4.79 Å². The maximum atomic E-state index is 12.3. The number of hydrogen-bond donors (Lipinski definition) is 1. The molecule has 0 unspecified atom stereocenters. The summed E-state index contributed by atoms with van der Waals surface area (Å²) in [5, 5.41) is 13.4. The molecular weight excluding hydrogens is 316 g/mol. The predicted molar refractivity (Wildman–Crippen MR) is 85.4 cm³/mol. The summed E-state index contributed by atoms with van der Waals surface area (Å²) >= 11 is 0. The number of benzene rings is 2. The van der Waals surface area contributed by atoms with Gasteiger partial charge in [-0.15, -0.1) is 0 Å². The molecule has 0 aliphatic heterocycles. The average molecular weight is 330 g/mol. The molecule has 8 heteroatoms. The summed E-state index contributed by atoms with van der Waals surface area (Å²) in [4.78, 5) is 34.0. The summed E-state index contributed by atoms with van der Waals surface area (Å²) in [6.45, 7) is 0. The third kappa shape index (κ3) is 3.67. The Kier molecular flexibility index (Phi) is 5.10. The summed E-state index contributed by atoms with van der Waals surface area (Å²) < 4.78 is 9.65. The Hall–Kier alpha value is -3.42. The monoisotopic (exact) mass is 330 g/mol. The van der Waals surface area contributed by atoms with Crippen LogP contribution in [0.5, 0.6) is 5.75 Å². The molecule has 0 spiro atoms. The van der Waals surface area contributed by atoms with E-state index >= 15 is 0 Å². The zero-order chi connectivity index (χ0) is 17.7. The van der Waals surface area contributed by atoms with Gasteiger partial charge in [0.25, 0.3) is 11.6 Å². The molecule has 124 valence electrons. The molecule has 2 aromatic rings. The van der Waals surface area contributed by atoms with Crippen LogP contribution >= 0.6 is 0 Å². The van der Waals surface area contributed by atoms with Crippen LogP contribution in [0.15, 0.2) is 42.5 Å². The maximum absolute atomic E-state index is 12.3. The average Bonchev–Trinajstić information content (AvgIpc) is 2.60. The largest absolute Gasteiger partial charge is 0.496 e. The van der Waals surface area contributed by atoms with Crippen LogP contribution in [0.1, 0.15) is 20.7 Å². The van der Waals surface area contributed by atoms with Crippen LogP contribution in [-0.4, -0.2) is 31.0 Å². The van der Waals surface area contributed by atoms with Gasteiger partial charge < -0.3 is 14.8 Å². The summed E-state index contributed by atoms with van der Waals surface area (Å²) in [6, 6.07) is 9.77. The van der Waals surface area contributed by atoms with Crippen molar-refractivity contribution >= 4 is 23.3 Å². The zero-order valence-corrected chi connectivity index (χ0v) is 12.9. The van der Waals surface area contributed by atoms with E-state index in [1.54, 1.807) is 0 Å². The van der Waals surface area contributed by atoms with Crippen LogP contribution in [0, 0.1) is 10.1 Å². The minimum atomic E-state index is -0.596. The highest BCUT2D eigenvalue weighted by Crippen LogP contribution is 2.25. The number of non-ortho nitro benzene ring substituents is 1. The Morgan fingerprint density at radius 1 is 1.08 bits per heavy atom. The third-order valence-electron chi connectivity index (χ3n) is 3.20. The van der Waals surface area contributed by atoms with Gasteiger partial charge >= 0.3 is 5.97 Å². The first-order valence-electron chi connectivity index (χ1n) is 6.78. The molecule has 0 saturated heterocycles. The molecule has 2 rings (SSSR count). The van der Waals surface area contributed by atoms with Gasteiger partial charge in [0.2, 0.25) is 0 Å². The van der Waals surface area contributed by atoms with Crippen LogP contribution in [-0.2, 0) is 4.74 Å². The predicted octanol–water partition coefficient (Wildman–Crippen LogP) is 2.64. The number of hydrogen-bond acceptors (Lipinski definition) is 6. The summed E-state index contributed by atoms with van der Waals surface area (Å²) in [5.74, 6) is -0.848. The molecule has 24 heavy (non-hydrogen) atoms. The Bertz CT molecular complexity index is 786.